The molecule has 0 saturated heterocycles. The summed E-state index contributed by atoms with van der Waals surface area (Å²) in [6, 6.07) is 18.9. The maximum Gasteiger partial charge on any atom is 0.261 e. The number of nitrogens with zero attached hydrogens (tertiary/aromatic N) is 1. The van der Waals surface area contributed by atoms with Crippen LogP contribution in [0.2, 0.25) is 15.1 Å². The zero-order valence-corrected chi connectivity index (χ0v) is 20.4. The molecule has 0 aliphatic carbocycles. The molecule has 35 heavy (non-hydrogen) atoms. The fraction of sp³-hybridized carbons (Fsp3) is 0.0385. The molecule has 5 aromatic rings. The van der Waals surface area contributed by atoms with E-state index in [1.54, 1.807) is 67.6 Å². The van der Waals surface area contributed by atoms with Crippen molar-refractivity contribution in [2.45, 2.75) is 6.92 Å². The zero-order chi connectivity index (χ0) is 24.7. The minimum absolute atomic E-state index is 0.154. The molecule has 6 nitrogen and oxygen atoms in total. The van der Waals surface area contributed by atoms with E-state index >= 15 is 0 Å². The van der Waals surface area contributed by atoms with Gasteiger partial charge in [0.2, 0.25) is 5.78 Å². The fourth-order valence-corrected chi connectivity index (χ4v) is 4.66. The van der Waals surface area contributed by atoms with E-state index in [0.29, 0.717) is 42.8 Å². The van der Waals surface area contributed by atoms with Crippen molar-refractivity contribution in [2.24, 2.45) is 0 Å². The highest BCUT2D eigenvalue weighted by Gasteiger charge is 2.27. The second-order valence-corrected chi connectivity index (χ2v) is 9.02. The standard InChI is InChI=1S/C26H16Cl3N3O3/c1-13-20(23(32-35-13)21-17(28)8-5-9-18(21)29)26(34)31-22-16-11-10-15(27)12-19(16)30-24(22)25(33)14-6-3-2-4-7-14/h2-12,30H,1H3,(H,31,34). The molecular formula is C26H16Cl3N3O3. The molecule has 0 spiro atoms. The van der Waals surface area contributed by atoms with Gasteiger partial charge in [0, 0.05) is 27.1 Å². The van der Waals surface area contributed by atoms with Gasteiger partial charge in [0.15, 0.2) is 0 Å². The lowest BCUT2D eigenvalue weighted by Crippen LogP contribution is -2.16. The number of aromatic amines is 1. The summed E-state index contributed by atoms with van der Waals surface area (Å²) >= 11 is 18.9. The van der Waals surface area contributed by atoms with Gasteiger partial charge in [-0.15, -0.1) is 0 Å². The molecule has 0 radical (unpaired) electrons. The number of aryl methyl sites for hydroxylation is 1. The molecule has 2 heterocycles. The lowest BCUT2D eigenvalue weighted by atomic mass is 10.0. The van der Waals surface area contributed by atoms with Gasteiger partial charge in [0.05, 0.1) is 15.7 Å². The summed E-state index contributed by atoms with van der Waals surface area (Å²) in [6.07, 6.45) is 0. The molecule has 174 valence electrons. The summed E-state index contributed by atoms with van der Waals surface area (Å²) in [5, 5.41) is 8.66. The molecule has 0 aliphatic heterocycles. The Balaban J connectivity index is 1.63. The van der Waals surface area contributed by atoms with Crippen LogP contribution in [0.15, 0.2) is 71.3 Å². The first kappa shape index (κ1) is 23.2. The Morgan fingerprint density at radius 1 is 0.943 bits per heavy atom. The van der Waals surface area contributed by atoms with E-state index in [4.69, 9.17) is 39.3 Å². The Morgan fingerprint density at radius 2 is 1.66 bits per heavy atom. The minimum Gasteiger partial charge on any atom is -0.360 e. The summed E-state index contributed by atoms with van der Waals surface area (Å²) in [5.41, 5.74) is 2.33. The van der Waals surface area contributed by atoms with E-state index < -0.39 is 5.91 Å². The van der Waals surface area contributed by atoms with Crippen LogP contribution in [0, 0.1) is 6.92 Å². The largest absolute Gasteiger partial charge is 0.360 e. The molecule has 2 aromatic heterocycles. The number of anilines is 1. The number of fused-ring (bicyclic) bond motifs is 1. The lowest BCUT2D eigenvalue weighted by molar-refractivity contribution is 0.102. The van der Waals surface area contributed by atoms with Crippen LogP contribution in [0.4, 0.5) is 5.69 Å². The van der Waals surface area contributed by atoms with Crippen molar-refractivity contribution in [3.8, 4) is 11.3 Å². The van der Waals surface area contributed by atoms with Gasteiger partial charge >= 0.3 is 0 Å². The summed E-state index contributed by atoms with van der Waals surface area (Å²) in [7, 11) is 0. The predicted octanol–water partition coefficient (Wildman–Crippen LogP) is 7.57. The first-order valence-corrected chi connectivity index (χ1v) is 11.6. The first-order valence-electron chi connectivity index (χ1n) is 10.5. The number of nitrogens with one attached hydrogen (secondary N) is 2. The van der Waals surface area contributed by atoms with Crippen LogP contribution in [0.1, 0.15) is 32.2 Å². The smallest absolute Gasteiger partial charge is 0.261 e. The lowest BCUT2D eigenvalue weighted by Gasteiger charge is -2.09. The predicted molar refractivity (Wildman–Crippen MR) is 138 cm³/mol. The average molecular weight is 525 g/mol. The Kier molecular flexibility index (Phi) is 6.11. The van der Waals surface area contributed by atoms with Crippen molar-refractivity contribution < 1.29 is 14.1 Å². The van der Waals surface area contributed by atoms with Gasteiger partial charge in [-0.25, -0.2) is 0 Å². The van der Waals surface area contributed by atoms with Crippen LogP contribution in [0.25, 0.3) is 22.2 Å². The monoisotopic (exact) mass is 523 g/mol. The number of carbonyl (C=O) groups excluding carboxylic acids is 2. The van der Waals surface area contributed by atoms with Crippen molar-refractivity contribution >= 4 is 63.1 Å². The summed E-state index contributed by atoms with van der Waals surface area (Å²) < 4.78 is 5.33. The van der Waals surface area contributed by atoms with E-state index in [0.717, 1.165) is 0 Å². The van der Waals surface area contributed by atoms with Gasteiger partial charge < -0.3 is 14.8 Å². The number of amides is 1. The number of hydrogen-bond donors (Lipinski definition) is 2. The topological polar surface area (TPSA) is 88.0 Å². The van der Waals surface area contributed by atoms with Gasteiger partial charge in [-0.05, 0) is 37.3 Å². The van der Waals surface area contributed by atoms with Crippen molar-refractivity contribution in [3.63, 3.8) is 0 Å². The summed E-state index contributed by atoms with van der Waals surface area (Å²) in [4.78, 5) is 30.0. The molecule has 5 rings (SSSR count). The summed E-state index contributed by atoms with van der Waals surface area (Å²) in [5.74, 6) is -0.551. The number of carbonyl (C=O) groups is 2. The normalized spacial score (nSPS) is 11.1. The van der Waals surface area contributed by atoms with Gasteiger partial charge in [-0.1, -0.05) is 76.4 Å². The van der Waals surface area contributed by atoms with Crippen LogP contribution in [0.5, 0.6) is 0 Å². The van der Waals surface area contributed by atoms with Gasteiger partial charge in [-0.3, -0.25) is 9.59 Å². The molecule has 0 atom stereocenters. The van der Waals surface area contributed by atoms with E-state index in [2.05, 4.69) is 15.5 Å². The molecule has 0 bridgehead atoms. The van der Waals surface area contributed by atoms with E-state index in [-0.39, 0.29) is 28.5 Å². The fourth-order valence-electron chi connectivity index (χ4n) is 3.91. The number of H-pyrrole nitrogens is 1. The third kappa shape index (κ3) is 4.21. The quantitative estimate of drug-likeness (QED) is 0.232. The molecular weight excluding hydrogens is 509 g/mol. The molecule has 1 amide bonds. The molecule has 0 saturated carbocycles. The zero-order valence-electron chi connectivity index (χ0n) is 18.2. The van der Waals surface area contributed by atoms with Crippen LogP contribution in [-0.2, 0) is 0 Å². The van der Waals surface area contributed by atoms with Crippen LogP contribution in [0.3, 0.4) is 0 Å². The Morgan fingerprint density at radius 3 is 2.37 bits per heavy atom. The van der Waals surface area contributed by atoms with Crippen LogP contribution < -0.4 is 5.32 Å². The van der Waals surface area contributed by atoms with E-state index in [1.807, 2.05) is 6.07 Å². The number of halogens is 3. The Labute approximate surface area is 214 Å². The van der Waals surface area contributed by atoms with E-state index in [9.17, 15) is 9.59 Å². The van der Waals surface area contributed by atoms with Gasteiger partial charge in [0.1, 0.15) is 22.7 Å². The maximum atomic E-state index is 13.6. The molecule has 2 N–H and O–H groups in total. The average Bonchev–Trinajstić information content (AvgIpc) is 3.39. The van der Waals surface area contributed by atoms with Crippen molar-refractivity contribution in [3.05, 3.63) is 104 Å². The number of aromatic nitrogens is 2. The highest BCUT2D eigenvalue weighted by molar-refractivity contribution is 6.39. The number of hydrogen-bond acceptors (Lipinski definition) is 4. The second-order valence-electron chi connectivity index (χ2n) is 7.77. The number of rotatable bonds is 5. The highest BCUT2D eigenvalue weighted by atomic mass is 35.5. The highest BCUT2D eigenvalue weighted by Crippen LogP contribution is 2.38. The van der Waals surface area contributed by atoms with E-state index in [1.165, 1.54) is 0 Å². The van der Waals surface area contributed by atoms with Crippen LogP contribution in [-0.4, -0.2) is 21.8 Å². The number of benzene rings is 3. The van der Waals surface area contributed by atoms with Gasteiger partial charge in [0.25, 0.3) is 5.91 Å². The summed E-state index contributed by atoms with van der Waals surface area (Å²) in [6.45, 7) is 1.61. The third-order valence-corrected chi connectivity index (χ3v) is 6.42. The molecule has 0 fully saturated rings. The molecule has 3 aromatic carbocycles. The Bertz CT molecular complexity index is 1590. The SMILES string of the molecule is Cc1onc(-c2c(Cl)cccc2Cl)c1C(=O)Nc1c(C(=O)c2ccccc2)[nH]c2cc(Cl)ccc12. The van der Waals surface area contributed by atoms with Crippen molar-refractivity contribution in [2.75, 3.05) is 5.32 Å². The first-order chi connectivity index (χ1) is 16.8. The molecule has 9 heteroatoms. The third-order valence-electron chi connectivity index (χ3n) is 5.55. The van der Waals surface area contributed by atoms with Crippen molar-refractivity contribution in [1.82, 2.24) is 10.1 Å². The van der Waals surface area contributed by atoms with Crippen molar-refractivity contribution in [1.29, 1.82) is 0 Å². The minimum atomic E-state index is -0.535. The number of ketones is 1. The van der Waals surface area contributed by atoms with Crippen LogP contribution >= 0.6 is 34.8 Å². The second kappa shape index (κ2) is 9.23. The maximum absolute atomic E-state index is 13.6. The molecule has 0 unspecified atom stereocenters. The molecule has 0 aliphatic rings. The van der Waals surface area contributed by atoms with Gasteiger partial charge in [-0.2, -0.15) is 0 Å². The Hall–Kier alpha value is -3.58.